The van der Waals surface area contributed by atoms with Crippen LogP contribution in [0.15, 0.2) is 48.9 Å². The molecular weight excluding hydrogens is 200 g/mol. The van der Waals surface area contributed by atoms with Gasteiger partial charge in [-0.2, -0.15) is 0 Å². The van der Waals surface area contributed by atoms with Gasteiger partial charge in [-0.1, -0.05) is 6.07 Å². The number of hydrogen-bond donors (Lipinski definition) is 1. The van der Waals surface area contributed by atoms with Crippen molar-refractivity contribution in [3.63, 3.8) is 0 Å². The molecule has 1 atom stereocenters. The van der Waals surface area contributed by atoms with Crippen molar-refractivity contribution in [1.82, 2.24) is 9.97 Å². The van der Waals surface area contributed by atoms with Gasteiger partial charge in [0.2, 0.25) is 0 Å². The van der Waals surface area contributed by atoms with Gasteiger partial charge >= 0.3 is 0 Å². The third-order valence-corrected chi connectivity index (χ3v) is 2.51. The van der Waals surface area contributed by atoms with Gasteiger partial charge in [0.15, 0.2) is 0 Å². The molecule has 0 fully saturated rings. The Balaban J connectivity index is 2.21. The molecule has 0 radical (unpaired) electrons. The maximum absolute atomic E-state index is 10.4. The van der Waals surface area contributed by atoms with Crippen molar-refractivity contribution in [2.24, 2.45) is 0 Å². The molecule has 3 heteroatoms. The maximum atomic E-state index is 10.4. The second kappa shape index (κ2) is 4.41. The second-order valence-electron chi connectivity index (χ2n) is 4.02. The summed E-state index contributed by atoms with van der Waals surface area (Å²) in [5.74, 6) is 0. The molecule has 0 aromatic carbocycles. The number of hydrogen-bond acceptors (Lipinski definition) is 3. The van der Waals surface area contributed by atoms with E-state index in [-0.39, 0.29) is 0 Å². The van der Waals surface area contributed by atoms with E-state index >= 15 is 0 Å². The molecule has 0 bridgehead atoms. The monoisotopic (exact) mass is 214 g/mol. The van der Waals surface area contributed by atoms with Gasteiger partial charge in [-0.05, 0) is 36.8 Å². The molecule has 0 aliphatic rings. The van der Waals surface area contributed by atoms with Crippen LogP contribution in [0.25, 0.3) is 0 Å². The Morgan fingerprint density at radius 1 is 1.12 bits per heavy atom. The zero-order valence-corrected chi connectivity index (χ0v) is 9.17. The summed E-state index contributed by atoms with van der Waals surface area (Å²) in [7, 11) is 0. The van der Waals surface area contributed by atoms with Crippen LogP contribution < -0.4 is 0 Å². The molecule has 2 aromatic rings. The molecular formula is C13H14N2O. The number of nitrogens with zero attached hydrogens (tertiary/aromatic N) is 2. The number of aliphatic hydroxyl groups is 1. The van der Waals surface area contributed by atoms with Gasteiger partial charge in [0.25, 0.3) is 0 Å². The minimum Gasteiger partial charge on any atom is -0.383 e. The van der Waals surface area contributed by atoms with Crippen LogP contribution in [-0.2, 0) is 12.0 Å². The van der Waals surface area contributed by atoms with Gasteiger partial charge in [-0.25, -0.2) is 0 Å². The Labute approximate surface area is 94.8 Å². The number of aromatic nitrogens is 2. The van der Waals surface area contributed by atoms with Gasteiger partial charge in [0.05, 0.1) is 5.69 Å². The van der Waals surface area contributed by atoms with Crippen molar-refractivity contribution in [2.45, 2.75) is 18.9 Å². The molecule has 3 nitrogen and oxygen atoms in total. The molecule has 16 heavy (non-hydrogen) atoms. The van der Waals surface area contributed by atoms with E-state index < -0.39 is 5.60 Å². The first-order chi connectivity index (χ1) is 7.68. The third-order valence-electron chi connectivity index (χ3n) is 2.51. The summed E-state index contributed by atoms with van der Waals surface area (Å²) in [4.78, 5) is 8.13. The predicted molar refractivity (Wildman–Crippen MR) is 61.7 cm³/mol. The normalized spacial score (nSPS) is 14.4. The third kappa shape index (κ3) is 2.44. The predicted octanol–water partition coefficient (Wildman–Crippen LogP) is 1.93. The zero-order valence-electron chi connectivity index (χ0n) is 9.17. The average Bonchev–Trinajstić information content (AvgIpc) is 2.31. The van der Waals surface area contributed by atoms with Crippen molar-refractivity contribution in [1.29, 1.82) is 0 Å². The summed E-state index contributed by atoms with van der Waals surface area (Å²) < 4.78 is 0. The lowest BCUT2D eigenvalue weighted by Crippen LogP contribution is -2.25. The first-order valence-electron chi connectivity index (χ1n) is 5.21. The van der Waals surface area contributed by atoms with Gasteiger partial charge in [0.1, 0.15) is 5.60 Å². The Hall–Kier alpha value is -1.74. The largest absolute Gasteiger partial charge is 0.383 e. The molecule has 0 amide bonds. The van der Waals surface area contributed by atoms with Crippen LogP contribution in [0.2, 0.25) is 0 Å². The van der Waals surface area contributed by atoms with Crippen LogP contribution in [0.3, 0.4) is 0 Å². The minimum atomic E-state index is -0.942. The summed E-state index contributed by atoms with van der Waals surface area (Å²) in [5.41, 5.74) is 0.792. The molecule has 1 N–H and O–H groups in total. The van der Waals surface area contributed by atoms with E-state index in [4.69, 9.17) is 0 Å². The quantitative estimate of drug-likeness (QED) is 0.849. The molecule has 2 rings (SSSR count). The highest BCUT2D eigenvalue weighted by molar-refractivity contribution is 5.19. The average molecular weight is 214 g/mol. The second-order valence-corrected chi connectivity index (χ2v) is 4.02. The van der Waals surface area contributed by atoms with Gasteiger partial charge in [-0.15, -0.1) is 0 Å². The molecule has 0 aliphatic carbocycles. The first kappa shape index (κ1) is 10.8. The topological polar surface area (TPSA) is 46.0 Å². The summed E-state index contributed by atoms with van der Waals surface area (Å²) >= 11 is 0. The van der Waals surface area contributed by atoms with Crippen molar-refractivity contribution in [2.75, 3.05) is 0 Å². The van der Waals surface area contributed by atoms with Crippen LogP contribution in [0.5, 0.6) is 0 Å². The Morgan fingerprint density at radius 2 is 1.88 bits per heavy atom. The van der Waals surface area contributed by atoms with E-state index in [0.29, 0.717) is 12.1 Å². The fourth-order valence-electron chi connectivity index (χ4n) is 1.67. The van der Waals surface area contributed by atoms with E-state index in [9.17, 15) is 5.11 Å². The maximum Gasteiger partial charge on any atom is 0.108 e. The zero-order chi connectivity index (χ0) is 11.4. The van der Waals surface area contributed by atoms with E-state index in [1.165, 1.54) is 0 Å². The molecule has 0 saturated carbocycles. The Bertz CT molecular complexity index is 440. The van der Waals surface area contributed by atoms with Crippen molar-refractivity contribution in [3.8, 4) is 0 Å². The summed E-state index contributed by atoms with van der Waals surface area (Å²) in [6.45, 7) is 1.77. The minimum absolute atomic E-state index is 0.534. The number of pyridine rings is 2. The molecule has 0 aliphatic heterocycles. The lowest BCUT2D eigenvalue weighted by atomic mass is 9.93. The van der Waals surface area contributed by atoms with Crippen LogP contribution in [0, 0.1) is 0 Å². The van der Waals surface area contributed by atoms with E-state index in [2.05, 4.69) is 9.97 Å². The summed E-state index contributed by atoms with van der Waals surface area (Å²) in [6.07, 6.45) is 5.68. The lowest BCUT2D eigenvalue weighted by molar-refractivity contribution is 0.0530. The van der Waals surface area contributed by atoms with Crippen molar-refractivity contribution in [3.05, 3.63) is 60.2 Å². The van der Waals surface area contributed by atoms with E-state index in [0.717, 1.165) is 5.56 Å². The molecule has 0 spiro atoms. The molecule has 82 valence electrons. The first-order valence-corrected chi connectivity index (χ1v) is 5.21. The van der Waals surface area contributed by atoms with E-state index in [1.807, 2.05) is 30.3 Å². The van der Waals surface area contributed by atoms with Gasteiger partial charge < -0.3 is 5.11 Å². The van der Waals surface area contributed by atoms with Crippen LogP contribution in [-0.4, -0.2) is 15.1 Å². The lowest BCUT2D eigenvalue weighted by Gasteiger charge is -2.22. The van der Waals surface area contributed by atoms with E-state index in [1.54, 1.807) is 25.5 Å². The fourth-order valence-corrected chi connectivity index (χ4v) is 1.67. The molecule has 0 unspecified atom stereocenters. The molecule has 2 heterocycles. The van der Waals surface area contributed by atoms with Crippen molar-refractivity contribution < 1.29 is 5.11 Å². The fraction of sp³-hybridized carbons (Fsp3) is 0.231. The highest BCUT2D eigenvalue weighted by Gasteiger charge is 2.24. The smallest absolute Gasteiger partial charge is 0.108 e. The highest BCUT2D eigenvalue weighted by atomic mass is 16.3. The van der Waals surface area contributed by atoms with Crippen LogP contribution >= 0.6 is 0 Å². The Kier molecular flexibility index (Phi) is 2.97. The van der Waals surface area contributed by atoms with Crippen molar-refractivity contribution >= 4 is 0 Å². The molecule has 2 aromatic heterocycles. The highest BCUT2D eigenvalue weighted by Crippen LogP contribution is 2.22. The summed E-state index contributed by atoms with van der Waals surface area (Å²) in [6, 6.07) is 9.35. The molecule has 0 saturated heterocycles. The van der Waals surface area contributed by atoms with Gasteiger partial charge in [0, 0.05) is 25.0 Å². The van der Waals surface area contributed by atoms with Crippen LogP contribution in [0.4, 0.5) is 0 Å². The Morgan fingerprint density at radius 3 is 2.50 bits per heavy atom. The summed E-state index contributed by atoms with van der Waals surface area (Å²) in [5, 5.41) is 10.4. The standard InChI is InChI=1S/C13H14N2O/c1-13(16,12-4-2-3-7-15-12)10-11-5-8-14-9-6-11/h2-9,16H,10H2,1H3/t13-/m1/s1. The SMILES string of the molecule is C[C@@](O)(Cc1ccncc1)c1ccccn1. The number of rotatable bonds is 3. The van der Waals surface area contributed by atoms with Crippen LogP contribution in [0.1, 0.15) is 18.2 Å². The van der Waals surface area contributed by atoms with Gasteiger partial charge in [-0.3, -0.25) is 9.97 Å².